The maximum Gasteiger partial charge on any atom is 0.222 e. The number of nitrogens with one attached hydrogen (secondary N) is 1. The Morgan fingerprint density at radius 2 is 2.25 bits per heavy atom. The van der Waals surface area contributed by atoms with Gasteiger partial charge in [-0.15, -0.1) is 10.2 Å². The van der Waals surface area contributed by atoms with Crippen molar-refractivity contribution in [1.29, 1.82) is 0 Å². The van der Waals surface area contributed by atoms with E-state index in [4.69, 9.17) is 5.11 Å². The molecule has 2 N–H and O–H groups in total. The maximum absolute atomic E-state index is 8.93. The Bertz CT molecular complexity index is 354. The summed E-state index contributed by atoms with van der Waals surface area (Å²) in [6.45, 7) is 0. The summed E-state index contributed by atoms with van der Waals surface area (Å²) in [5.74, 6) is 0.525. The lowest BCUT2D eigenvalue weighted by molar-refractivity contribution is 0.473. The average Bonchev–Trinajstić information content (AvgIpc) is 2.58. The molecule has 0 atom stereocenters. The number of hydrogen-bond acceptors (Lipinski definition) is 5. The molecule has 0 aliphatic rings. The van der Waals surface area contributed by atoms with Crippen LogP contribution in [-0.4, -0.2) is 30.7 Å². The van der Waals surface area contributed by atoms with Crippen molar-refractivity contribution in [2.45, 2.75) is 0 Å². The molecule has 0 aromatic carbocycles. The van der Waals surface area contributed by atoms with Crippen LogP contribution in [0.3, 0.4) is 0 Å². The molecule has 12 heavy (non-hydrogen) atoms. The minimum Gasteiger partial charge on any atom is -0.506 e. The molecule has 0 fully saturated rings. The smallest absolute Gasteiger partial charge is 0.222 e. The lowest BCUT2D eigenvalue weighted by Gasteiger charge is -1.92. The van der Waals surface area contributed by atoms with Gasteiger partial charge in [0.1, 0.15) is 11.4 Å². The number of aromatic hydroxyl groups is 1. The molecule has 2 aromatic heterocycles. The summed E-state index contributed by atoms with van der Waals surface area (Å²) in [4.78, 5) is 3.89. The fourth-order valence-electron chi connectivity index (χ4n) is 0.789. The number of aromatic nitrogens is 5. The molecule has 0 saturated heterocycles. The fourth-order valence-corrected chi connectivity index (χ4v) is 0.789. The van der Waals surface area contributed by atoms with Gasteiger partial charge in [0.05, 0.1) is 6.20 Å². The molecule has 0 bridgehead atoms. The molecule has 6 nitrogen and oxygen atoms in total. The topological polar surface area (TPSA) is 87.6 Å². The molecule has 2 rings (SSSR count). The zero-order valence-corrected chi connectivity index (χ0v) is 5.97. The molecule has 0 amide bonds. The highest BCUT2D eigenvalue weighted by molar-refractivity contribution is 5.47. The highest BCUT2D eigenvalue weighted by Crippen LogP contribution is 2.12. The van der Waals surface area contributed by atoms with Gasteiger partial charge < -0.3 is 5.11 Å². The third kappa shape index (κ3) is 1.09. The molecular weight excluding hydrogens is 158 g/mol. The largest absolute Gasteiger partial charge is 0.506 e. The van der Waals surface area contributed by atoms with E-state index in [1.165, 1.54) is 12.3 Å². The molecular formula is C6H5N5O. The van der Waals surface area contributed by atoms with Crippen LogP contribution in [0.25, 0.3) is 11.5 Å². The van der Waals surface area contributed by atoms with E-state index in [1.54, 1.807) is 6.07 Å². The lowest BCUT2D eigenvalue weighted by Crippen LogP contribution is -1.84. The van der Waals surface area contributed by atoms with Crippen LogP contribution in [0.1, 0.15) is 0 Å². The summed E-state index contributed by atoms with van der Waals surface area (Å²) >= 11 is 0. The minimum absolute atomic E-state index is 0.113. The van der Waals surface area contributed by atoms with Gasteiger partial charge in [-0.1, -0.05) is 0 Å². The summed E-state index contributed by atoms with van der Waals surface area (Å²) in [6.07, 6.45) is 1.33. The van der Waals surface area contributed by atoms with Crippen molar-refractivity contribution in [2.24, 2.45) is 0 Å². The molecule has 0 radical (unpaired) electrons. The molecule has 0 saturated carbocycles. The predicted octanol–water partition coefficient (Wildman–Crippen LogP) is -0.0327. The Hall–Kier alpha value is -1.98. The van der Waals surface area contributed by atoms with Gasteiger partial charge in [0.15, 0.2) is 0 Å². The van der Waals surface area contributed by atoms with Gasteiger partial charge in [-0.2, -0.15) is 5.21 Å². The number of pyridine rings is 1. The Labute approximate surface area is 67.3 Å². The normalized spacial score (nSPS) is 10.0. The van der Waals surface area contributed by atoms with E-state index in [9.17, 15) is 0 Å². The van der Waals surface area contributed by atoms with Crippen molar-refractivity contribution in [1.82, 2.24) is 25.6 Å². The number of H-pyrrole nitrogens is 1. The van der Waals surface area contributed by atoms with Crippen molar-refractivity contribution < 1.29 is 5.11 Å². The highest BCUT2D eigenvalue weighted by Gasteiger charge is 2.02. The summed E-state index contributed by atoms with van der Waals surface area (Å²) in [5, 5.41) is 22.1. The predicted molar refractivity (Wildman–Crippen MR) is 39.1 cm³/mol. The van der Waals surface area contributed by atoms with Gasteiger partial charge in [0.25, 0.3) is 0 Å². The van der Waals surface area contributed by atoms with Gasteiger partial charge in [0.2, 0.25) is 5.82 Å². The second-order valence-electron chi connectivity index (χ2n) is 2.14. The van der Waals surface area contributed by atoms with Gasteiger partial charge in [-0.05, 0) is 17.3 Å². The van der Waals surface area contributed by atoms with E-state index in [2.05, 4.69) is 25.6 Å². The first-order valence-corrected chi connectivity index (χ1v) is 3.25. The van der Waals surface area contributed by atoms with Crippen molar-refractivity contribution in [3.8, 4) is 17.3 Å². The SMILES string of the molecule is Oc1ccc(-c2nn[nH]n2)nc1. The van der Waals surface area contributed by atoms with Crippen LogP contribution in [0.5, 0.6) is 5.75 Å². The zero-order valence-electron chi connectivity index (χ0n) is 5.97. The quantitative estimate of drug-likeness (QED) is 0.616. The lowest BCUT2D eigenvalue weighted by atomic mass is 10.3. The number of nitrogens with zero attached hydrogens (tertiary/aromatic N) is 4. The number of tetrazole rings is 1. The second kappa shape index (κ2) is 2.57. The maximum atomic E-state index is 8.93. The molecule has 0 spiro atoms. The molecule has 0 aliphatic heterocycles. The Morgan fingerprint density at radius 1 is 1.33 bits per heavy atom. The number of rotatable bonds is 1. The van der Waals surface area contributed by atoms with E-state index in [-0.39, 0.29) is 5.75 Å². The number of hydrogen-bond donors (Lipinski definition) is 2. The number of aromatic amines is 1. The molecule has 0 unspecified atom stereocenters. The van der Waals surface area contributed by atoms with Crippen LogP contribution in [0.15, 0.2) is 18.3 Å². The van der Waals surface area contributed by atoms with Gasteiger partial charge in [-0.3, -0.25) is 0 Å². The monoisotopic (exact) mass is 163 g/mol. The molecule has 2 heterocycles. The van der Waals surface area contributed by atoms with Gasteiger partial charge in [-0.25, -0.2) is 4.98 Å². The van der Waals surface area contributed by atoms with Crippen LogP contribution < -0.4 is 0 Å². The highest BCUT2D eigenvalue weighted by atomic mass is 16.3. The second-order valence-corrected chi connectivity index (χ2v) is 2.14. The summed E-state index contributed by atoms with van der Waals surface area (Å²) in [6, 6.07) is 3.12. The first-order chi connectivity index (χ1) is 5.86. The van der Waals surface area contributed by atoms with Crippen molar-refractivity contribution in [2.75, 3.05) is 0 Å². The van der Waals surface area contributed by atoms with Crippen LogP contribution in [0, 0.1) is 0 Å². The Kier molecular flexibility index (Phi) is 1.44. The van der Waals surface area contributed by atoms with Crippen molar-refractivity contribution in [3.05, 3.63) is 18.3 Å². The standard InChI is InChI=1S/C6H5N5O/c12-4-1-2-5(7-3-4)6-8-10-11-9-6/h1-3,12H,(H,8,9,10,11). The molecule has 60 valence electrons. The van der Waals surface area contributed by atoms with Gasteiger partial charge >= 0.3 is 0 Å². The van der Waals surface area contributed by atoms with Crippen LogP contribution in [0.2, 0.25) is 0 Å². The third-order valence-electron chi connectivity index (χ3n) is 1.32. The van der Waals surface area contributed by atoms with Crippen molar-refractivity contribution >= 4 is 0 Å². The first kappa shape index (κ1) is 6.71. The van der Waals surface area contributed by atoms with E-state index in [1.807, 2.05) is 0 Å². The van der Waals surface area contributed by atoms with E-state index >= 15 is 0 Å². The Balaban J connectivity index is 2.43. The van der Waals surface area contributed by atoms with Crippen LogP contribution in [-0.2, 0) is 0 Å². The Morgan fingerprint density at radius 3 is 2.83 bits per heavy atom. The summed E-state index contributed by atoms with van der Waals surface area (Å²) < 4.78 is 0. The minimum atomic E-state index is 0.113. The fraction of sp³-hybridized carbons (Fsp3) is 0. The summed E-state index contributed by atoms with van der Waals surface area (Å²) in [7, 11) is 0. The van der Waals surface area contributed by atoms with E-state index in [0.717, 1.165) is 0 Å². The van der Waals surface area contributed by atoms with Crippen LogP contribution >= 0.6 is 0 Å². The zero-order chi connectivity index (χ0) is 8.39. The van der Waals surface area contributed by atoms with E-state index in [0.29, 0.717) is 11.5 Å². The first-order valence-electron chi connectivity index (χ1n) is 3.25. The average molecular weight is 163 g/mol. The third-order valence-corrected chi connectivity index (χ3v) is 1.32. The van der Waals surface area contributed by atoms with E-state index < -0.39 is 0 Å². The van der Waals surface area contributed by atoms with Gasteiger partial charge in [0, 0.05) is 0 Å². The molecule has 2 aromatic rings. The van der Waals surface area contributed by atoms with Crippen molar-refractivity contribution in [3.63, 3.8) is 0 Å². The molecule has 6 heteroatoms. The van der Waals surface area contributed by atoms with Crippen LogP contribution in [0.4, 0.5) is 0 Å². The summed E-state index contributed by atoms with van der Waals surface area (Å²) in [5.41, 5.74) is 0.571. The molecule has 0 aliphatic carbocycles.